The SMILES string of the molecule is COc1ccc(Cl)cc1NC(=O)C(C)N1C(=O)COc2ccc(C)cc21. The maximum atomic E-state index is 12.8. The number of carbonyl (C=O) groups excluding carboxylic acids is 2. The van der Waals surface area contributed by atoms with Crippen molar-refractivity contribution in [2.45, 2.75) is 19.9 Å². The second-order valence-corrected chi connectivity index (χ2v) is 6.47. The highest BCUT2D eigenvalue weighted by atomic mass is 35.5. The molecule has 0 spiro atoms. The smallest absolute Gasteiger partial charge is 0.265 e. The number of methoxy groups -OCH3 is 1. The Kier molecular flexibility index (Phi) is 5.04. The van der Waals surface area contributed by atoms with Gasteiger partial charge < -0.3 is 14.8 Å². The third-order valence-corrected chi connectivity index (χ3v) is 4.42. The normalized spacial score (nSPS) is 14.3. The average molecular weight is 375 g/mol. The zero-order chi connectivity index (χ0) is 18.8. The number of nitrogens with zero attached hydrogens (tertiary/aromatic N) is 1. The highest BCUT2D eigenvalue weighted by molar-refractivity contribution is 6.31. The molecule has 2 aromatic carbocycles. The monoisotopic (exact) mass is 374 g/mol. The second-order valence-electron chi connectivity index (χ2n) is 6.03. The summed E-state index contributed by atoms with van der Waals surface area (Å²) in [6, 6.07) is 9.73. The Morgan fingerprint density at radius 3 is 2.81 bits per heavy atom. The van der Waals surface area contributed by atoms with Gasteiger partial charge in [0.2, 0.25) is 5.91 Å². The van der Waals surface area contributed by atoms with Gasteiger partial charge in [0.25, 0.3) is 5.91 Å². The van der Waals surface area contributed by atoms with E-state index in [-0.39, 0.29) is 18.4 Å². The molecule has 1 aliphatic rings. The third-order valence-electron chi connectivity index (χ3n) is 4.18. The van der Waals surface area contributed by atoms with Crippen LogP contribution in [0, 0.1) is 6.92 Å². The van der Waals surface area contributed by atoms with E-state index in [1.165, 1.54) is 12.0 Å². The fraction of sp³-hybridized carbons (Fsp3) is 0.263. The Balaban J connectivity index is 1.89. The van der Waals surface area contributed by atoms with Crippen LogP contribution in [0.25, 0.3) is 0 Å². The van der Waals surface area contributed by atoms with Gasteiger partial charge in [-0.15, -0.1) is 0 Å². The summed E-state index contributed by atoms with van der Waals surface area (Å²) in [6.07, 6.45) is 0. The molecular formula is C19H19ClN2O4. The van der Waals surface area contributed by atoms with E-state index in [9.17, 15) is 9.59 Å². The van der Waals surface area contributed by atoms with Crippen molar-refractivity contribution < 1.29 is 19.1 Å². The predicted molar refractivity (Wildman–Crippen MR) is 100 cm³/mol. The van der Waals surface area contributed by atoms with Crippen LogP contribution >= 0.6 is 11.6 Å². The molecule has 1 N–H and O–H groups in total. The van der Waals surface area contributed by atoms with Gasteiger partial charge in [0.1, 0.15) is 17.5 Å². The van der Waals surface area contributed by atoms with Crippen LogP contribution in [0.5, 0.6) is 11.5 Å². The molecule has 7 heteroatoms. The molecule has 0 saturated carbocycles. The van der Waals surface area contributed by atoms with Crippen molar-refractivity contribution in [2.75, 3.05) is 23.9 Å². The highest BCUT2D eigenvalue weighted by Gasteiger charge is 2.33. The van der Waals surface area contributed by atoms with Crippen LogP contribution in [-0.4, -0.2) is 31.6 Å². The van der Waals surface area contributed by atoms with Gasteiger partial charge >= 0.3 is 0 Å². The zero-order valence-corrected chi connectivity index (χ0v) is 15.5. The molecule has 1 atom stereocenters. The van der Waals surface area contributed by atoms with Crippen LogP contribution in [-0.2, 0) is 9.59 Å². The topological polar surface area (TPSA) is 67.9 Å². The van der Waals surface area contributed by atoms with E-state index in [0.29, 0.717) is 27.9 Å². The van der Waals surface area contributed by atoms with Gasteiger partial charge in [0.15, 0.2) is 6.61 Å². The first-order valence-electron chi connectivity index (χ1n) is 8.10. The standard InChI is InChI=1S/C19H19ClN2O4/c1-11-4-6-17-15(8-11)22(18(23)10-26-17)12(2)19(24)21-14-9-13(20)5-7-16(14)25-3/h4-9,12H,10H2,1-3H3,(H,21,24). The lowest BCUT2D eigenvalue weighted by atomic mass is 10.1. The minimum Gasteiger partial charge on any atom is -0.495 e. The summed E-state index contributed by atoms with van der Waals surface area (Å²) >= 11 is 6.01. The van der Waals surface area contributed by atoms with Crippen molar-refractivity contribution in [1.29, 1.82) is 0 Å². The molecular weight excluding hydrogens is 356 g/mol. The maximum absolute atomic E-state index is 12.8. The molecule has 136 valence electrons. The number of halogens is 1. The molecule has 0 bridgehead atoms. The van der Waals surface area contributed by atoms with Crippen LogP contribution in [0.4, 0.5) is 11.4 Å². The number of nitrogens with one attached hydrogen (secondary N) is 1. The number of rotatable bonds is 4. The molecule has 3 rings (SSSR count). The summed E-state index contributed by atoms with van der Waals surface area (Å²) in [5.74, 6) is 0.437. The van der Waals surface area contributed by atoms with E-state index in [4.69, 9.17) is 21.1 Å². The number of aryl methyl sites for hydroxylation is 1. The Labute approximate surface area is 156 Å². The lowest BCUT2D eigenvalue weighted by Gasteiger charge is -2.33. The number of ether oxygens (including phenoxy) is 2. The van der Waals surface area contributed by atoms with Crippen LogP contribution in [0.15, 0.2) is 36.4 Å². The van der Waals surface area contributed by atoms with Crippen LogP contribution in [0.2, 0.25) is 5.02 Å². The van der Waals surface area contributed by atoms with Crippen molar-refractivity contribution in [1.82, 2.24) is 0 Å². The van der Waals surface area contributed by atoms with Gasteiger partial charge in [-0.2, -0.15) is 0 Å². The Morgan fingerprint density at radius 2 is 2.08 bits per heavy atom. The summed E-state index contributed by atoms with van der Waals surface area (Å²) in [5.41, 5.74) is 2.00. The van der Waals surface area contributed by atoms with Crippen molar-refractivity contribution in [2.24, 2.45) is 0 Å². The first-order valence-corrected chi connectivity index (χ1v) is 8.48. The van der Waals surface area contributed by atoms with E-state index in [0.717, 1.165) is 5.56 Å². The average Bonchev–Trinajstić information content (AvgIpc) is 2.61. The number of hydrogen-bond acceptors (Lipinski definition) is 4. The lowest BCUT2D eigenvalue weighted by Crippen LogP contribution is -2.49. The van der Waals surface area contributed by atoms with E-state index >= 15 is 0 Å². The van der Waals surface area contributed by atoms with Crippen molar-refractivity contribution in [3.63, 3.8) is 0 Å². The predicted octanol–water partition coefficient (Wildman–Crippen LogP) is 3.41. The summed E-state index contributed by atoms with van der Waals surface area (Å²) < 4.78 is 10.7. The Morgan fingerprint density at radius 1 is 1.31 bits per heavy atom. The van der Waals surface area contributed by atoms with Gasteiger partial charge in [-0.25, -0.2) is 0 Å². The molecule has 0 fully saturated rings. The van der Waals surface area contributed by atoms with Gasteiger partial charge in [-0.1, -0.05) is 17.7 Å². The molecule has 0 aromatic heterocycles. The van der Waals surface area contributed by atoms with Gasteiger partial charge in [-0.3, -0.25) is 14.5 Å². The van der Waals surface area contributed by atoms with Crippen LogP contribution in [0.3, 0.4) is 0 Å². The molecule has 26 heavy (non-hydrogen) atoms. The number of benzene rings is 2. The molecule has 0 radical (unpaired) electrons. The number of carbonyl (C=O) groups is 2. The molecule has 1 heterocycles. The minimum absolute atomic E-state index is 0.103. The van der Waals surface area contributed by atoms with Crippen molar-refractivity contribution >= 4 is 34.8 Å². The van der Waals surface area contributed by atoms with E-state index in [2.05, 4.69) is 5.32 Å². The van der Waals surface area contributed by atoms with Crippen LogP contribution < -0.4 is 19.7 Å². The number of fused-ring (bicyclic) bond motifs is 1. The third kappa shape index (κ3) is 3.46. The molecule has 0 saturated heterocycles. The lowest BCUT2D eigenvalue weighted by molar-refractivity contribution is -0.125. The fourth-order valence-electron chi connectivity index (χ4n) is 2.84. The van der Waals surface area contributed by atoms with E-state index in [1.807, 2.05) is 19.1 Å². The Hall–Kier alpha value is -2.73. The van der Waals surface area contributed by atoms with Crippen molar-refractivity contribution in [3.05, 3.63) is 47.0 Å². The number of amides is 2. The summed E-state index contributed by atoms with van der Waals surface area (Å²) in [6.45, 7) is 3.48. The maximum Gasteiger partial charge on any atom is 0.265 e. The molecule has 6 nitrogen and oxygen atoms in total. The number of hydrogen-bond donors (Lipinski definition) is 1. The largest absolute Gasteiger partial charge is 0.495 e. The zero-order valence-electron chi connectivity index (χ0n) is 14.7. The summed E-state index contributed by atoms with van der Waals surface area (Å²) in [5, 5.41) is 3.25. The highest BCUT2D eigenvalue weighted by Crippen LogP contribution is 2.35. The quantitative estimate of drug-likeness (QED) is 0.890. The molecule has 1 unspecified atom stereocenters. The van der Waals surface area contributed by atoms with E-state index in [1.54, 1.807) is 31.2 Å². The molecule has 0 aliphatic carbocycles. The van der Waals surface area contributed by atoms with Gasteiger partial charge in [-0.05, 0) is 49.7 Å². The van der Waals surface area contributed by atoms with Crippen molar-refractivity contribution in [3.8, 4) is 11.5 Å². The summed E-state index contributed by atoms with van der Waals surface area (Å²) in [7, 11) is 1.51. The van der Waals surface area contributed by atoms with Crippen LogP contribution in [0.1, 0.15) is 12.5 Å². The van der Waals surface area contributed by atoms with Gasteiger partial charge in [0.05, 0.1) is 18.5 Å². The first kappa shape index (κ1) is 18.1. The minimum atomic E-state index is -0.740. The molecule has 1 aliphatic heterocycles. The second kappa shape index (κ2) is 7.25. The van der Waals surface area contributed by atoms with E-state index < -0.39 is 6.04 Å². The molecule has 2 amide bonds. The molecule has 2 aromatic rings. The number of anilines is 2. The fourth-order valence-corrected chi connectivity index (χ4v) is 3.01. The van der Waals surface area contributed by atoms with Gasteiger partial charge in [0, 0.05) is 5.02 Å². The Bertz CT molecular complexity index is 869. The summed E-state index contributed by atoms with van der Waals surface area (Å²) in [4.78, 5) is 26.7. The first-order chi connectivity index (χ1) is 12.4.